The lowest BCUT2D eigenvalue weighted by Gasteiger charge is -2.22. The summed E-state index contributed by atoms with van der Waals surface area (Å²) in [5, 5.41) is 0. The minimum atomic E-state index is -0.206. The van der Waals surface area contributed by atoms with Gasteiger partial charge in [0.15, 0.2) is 0 Å². The lowest BCUT2D eigenvalue weighted by atomic mass is 10.1. The van der Waals surface area contributed by atoms with Gasteiger partial charge in [0.25, 0.3) is 0 Å². The molecule has 0 radical (unpaired) electrons. The number of carbonyl (C=O) groups is 1. The van der Waals surface area contributed by atoms with Crippen LogP contribution in [-0.2, 0) is 16.0 Å². The summed E-state index contributed by atoms with van der Waals surface area (Å²) in [7, 11) is 1.95. The third-order valence-electron chi connectivity index (χ3n) is 4.64. The van der Waals surface area contributed by atoms with Crippen molar-refractivity contribution in [2.75, 3.05) is 26.8 Å². The van der Waals surface area contributed by atoms with Crippen LogP contribution in [0, 0.1) is 0 Å². The van der Waals surface area contributed by atoms with Crippen molar-refractivity contribution in [2.24, 2.45) is 0 Å². The molecule has 4 heteroatoms. The van der Waals surface area contributed by atoms with Gasteiger partial charge in [0, 0.05) is 0 Å². The quantitative estimate of drug-likeness (QED) is 0.437. The number of nitrogens with zero attached hydrogens (tertiary/aromatic N) is 1. The largest absolute Gasteiger partial charge is 0.494 e. The lowest BCUT2D eigenvalue weighted by Crippen LogP contribution is -2.37. The maximum atomic E-state index is 11.7. The number of unbranched alkanes of at least 4 members (excludes halogenated alkanes) is 1. The molecule has 0 N–H and O–H groups in total. The van der Waals surface area contributed by atoms with Gasteiger partial charge < -0.3 is 9.47 Å². The molecule has 0 bridgehead atoms. The number of ether oxygens (including phenoxy) is 2. The van der Waals surface area contributed by atoms with Gasteiger partial charge >= 0.3 is 5.97 Å². The van der Waals surface area contributed by atoms with Gasteiger partial charge in [-0.25, -0.2) is 0 Å². The number of hydrogen-bond acceptors (Lipinski definition) is 4. The molecule has 0 amide bonds. The Bertz CT molecular complexity index is 670. The summed E-state index contributed by atoms with van der Waals surface area (Å²) in [5.74, 6) is 0.743. The fraction of sp³-hybridized carbons (Fsp3) is 0.435. The van der Waals surface area contributed by atoms with Crippen molar-refractivity contribution in [3.05, 3.63) is 65.7 Å². The molecule has 0 spiro atoms. The Labute approximate surface area is 163 Å². The molecular formula is C23H31NO3. The monoisotopic (exact) mass is 369 g/mol. The Morgan fingerprint density at radius 3 is 2.33 bits per heavy atom. The first kappa shape index (κ1) is 21.0. The smallest absolute Gasteiger partial charge is 0.323 e. The van der Waals surface area contributed by atoms with Gasteiger partial charge in [0.2, 0.25) is 0 Å². The zero-order chi connectivity index (χ0) is 19.5. The molecule has 0 aromatic heterocycles. The van der Waals surface area contributed by atoms with E-state index in [0.29, 0.717) is 13.2 Å². The van der Waals surface area contributed by atoms with E-state index in [1.54, 1.807) is 0 Å². The Morgan fingerprint density at radius 1 is 1.00 bits per heavy atom. The van der Waals surface area contributed by atoms with Crippen molar-refractivity contribution in [2.45, 2.75) is 39.2 Å². The molecule has 1 unspecified atom stereocenters. The highest BCUT2D eigenvalue weighted by Gasteiger charge is 2.18. The topological polar surface area (TPSA) is 38.8 Å². The van der Waals surface area contributed by atoms with E-state index >= 15 is 0 Å². The van der Waals surface area contributed by atoms with Crippen LogP contribution in [0.5, 0.6) is 5.75 Å². The molecule has 2 aromatic rings. The van der Waals surface area contributed by atoms with E-state index < -0.39 is 0 Å². The highest BCUT2D eigenvalue weighted by Crippen LogP contribution is 2.15. The molecule has 0 fully saturated rings. The number of hydrogen-bond donors (Lipinski definition) is 0. The Hall–Kier alpha value is -2.33. The van der Waals surface area contributed by atoms with Crippen LogP contribution in [0.3, 0.4) is 0 Å². The van der Waals surface area contributed by atoms with Crippen LogP contribution in [0.25, 0.3) is 0 Å². The number of esters is 1. The molecule has 0 aliphatic rings. The van der Waals surface area contributed by atoms with Crippen LogP contribution in [0.1, 0.15) is 37.8 Å². The number of rotatable bonds is 11. The van der Waals surface area contributed by atoms with E-state index in [4.69, 9.17) is 9.47 Å². The molecular weight excluding hydrogens is 338 g/mol. The van der Waals surface area contributed by atoms with Gasteiger partial charge in [0.1, 0.15) is 11.8 Å². The summed E-state index contributed by atoms with van der Waals surface area (Å²) in [6.45, 7) is 5.66. The predicted molar refractivity (Wildman–Crippen MR) is 109 cm³/mol. The second-order valence-corrected chi connectivity index (χ2v) is 6.77. The molecule has 2 aromatic carbocycles. The molecule has 27 heavy (non-hydrogen) atoms. The van der Waals surface area contributed by atoms with Crippen LogP contribution in [0.2, 0.25) is 0 Å². The number of likely N-dealkylation sites (N-methyl/N-ethyl adjacent to an activating group) is 1. The highest BCUT2D eigenvalue weighted by molar-refractivity contribution is 5.75. The van der Waals surface area contributed by atoms with Gasteiger partial charge in [-0.1, -0.05) is 42.5 Å². The Balaban J connectivity index is 1.65. The molecule has 1 atom stereocenters. The van der Waals surface area contributed by atoms with E-state index in [1.807, 2.05) is 44.0 Å². The first-order chi connectivity index (χ1) is 13.1. The molecule has 0 saturated heterocycles. The third kappa shape index (κ3) is 7.43. The zero-order valence-electron chi connectivity index (χ0n) is 16.7. The first-order valence-electron chi connectivity index (χ1n) is 9.72. The minimum Gasteiger partial charge on any atom is -0.494 e. The SMILES string of the molecule is CCOC(=O)C(C)N(C)CCCCOc1ccc(Cc2ccccc2)cc1. The molecule has 2 rings (SSSR count). The molecule has 4 nitrogen and oxygen atoms in total. The summed E-state index contributed by atoms with van der Waals surface area (Å²) in [6.07, 6.45) is 2.87. The second-order valence-electron chi connectivity index (χ2n) is 6.77. The molecule has 0 saturated carbocycles. The number of benzene rings is 2. The Kier molecular flexibility index (Phi) is 8.85. The van der Waals surface area contributed by atoms with E-state index in [0.717, 1.165) is 31.6 Å². The summed E-state index contributed by atoms with van der Waals surface area (Å²) in [6, 6.07) is 18.6. The Morgan fingerprint density at radius 2 is 1.67 bits per heavy atom. The lowest BCUT2D eigenvalue weighted by molar-refractivity contribution is -0.148. The summed E-state index contributed by atoms with van der Waals surface area (Å²) >= 11 is 0. The summed E-state index contributed by atoms with van der Waals surface area (Å²) < 4.78 is 10.9. The molecule has 146 valence electrons. The highest BCUT2D eigenvalue weighted by atomic mass is 16.5. The number of carbonyl (C=O) groups excluding carboxylic acids is 1. The first-order valence-corrected chi connectivity index (χ1v) is 9.72. The van der Waals surface area contributed by atoms with Crippen molar-refractivity contribution < 1.29 is 14.3 Å². The van der Waals surface area contributed by atoms with E-state index in [2.05, 4.69) is 36.4 Å². The van der Waals surface area contributed by atoms with E-state index in [-0.39, 0.29) is 12.0 Å². The predicted octanol–water partition coefficient (Wildman–Crippen LogP) is 4.32. The molecule has 0 aliphatic heterocycles. The fourth-order valence-corrected chi connectivity index (χ4v) is 2.82. The summed E-state index contributed by atoms with van der Waals surface area (Å²) in [5.41, 5.74) is 2.59. The van der Waals surface area contributed by atoms with Crippen molar-refractivity contribution in [1.29, 1.82) is 0 Å². The van der Waals surface area contributed by atoms with Crippen molar-refractivity contribution >= 4 is 5.97 Å². The fourth-order valence-electron chi connectivity index (χ4n) is 2.82. The molecule has 0 aliphatic carbocycles. The van der Waals surface area contributed by atoms with Gasteiger partial charge in [0.05, 0.1) is 13.2 Å². The van der Waals surface area contributed by atoms with Crippen molar-refractivity contribution in [3.8, 4) is 5.75 Å². The average Bonchev–Trinajstić information content (AvgIpc) is 2.69. The third-order valence-corrected chi connectivity index (χ3v) is 4.64. The van der Waals surface area contributed by atoms with E-state index in [1.165, 1.54) is 11.1 Å². The normalized spacial score (nSPS) is 12.0. The minimum absolute atomic E-state index is 0.160. The van der Waals surface area contributed by atoms with Crippen LogP contribution in [0.15, 0.2) is 54.6 Å². The van der Waals surface area contributed by atoms with Crippen LogP contribution in [0.4, 0.5) is 0 Å². The standard InChI is InChI=1S/C23H31NO3/c1-4-26-23(25)19(2)24(3)16-8-9-17-27-22-14-12-21(13-15-22)18-20-10-6-5-7-11-20/h5-7,10-15,19H,4,8-9,16-18H2,1-3H3. The van der Waals surface area contributed by atoms with Crippen LogP contribution < -0.4 is 4.74 Å². The van der Waals surface area contributed by atoms with Crippen LogP contribution in [-0.4, -0.2) is 43.7 Å². The van der Waals surface area contributed by atoms with Gasteiger partial charge in [-0.15, -0.1) is 0 Å². The van der Waals surface area contributed by atoms with Crippen molar-refractivity contribution in [3.63, 3.8) is 0 Å². The van der Waals surface area contributed by atoms with Gasteiger partial charge in [-0.2, -0.15) is 0 Å². The van der Waals surface area contributed by atoms with Gasteiger partial charge in [-0.3, -0.25) is 9.69 Å². The van der Waals surface area contributed by atoms with Crippen LogP contribution >= 0.6 is 0 Å². The second kappa shape index (κ2) is 11.4. The van der Waals surface area contributed by atoms with E-state index in [9.17, 15) is 4.79 Å². The zero-order valence-corrected chi connectivity index (χ0v) is 16.7. The van der Waals surface area contributed by atoms with Crippen molar-refractivity contribution in [1.82, 2.24) is 4.90 Å². The maximum Gasteiger partial charge on any atom is 0.323 e. The molecule has 0 heterocycles. The average molecular weight is 370 g/mol. The summed E-state index contributed by atoms with van der Waals surface area (Å²) in [4.78, 5) is 13.7. The van der Waals surface area contributed by atoms with Gasteiger partial charge in [-0.05, 0) is 70.0 Å². The maximum absolute atomic E-state index is 11.7.